The summed E-state index contributed by atoms with van der Waals surface area (Å²) in [6, 6.07) is 4.16. The Morgan fingerprint density at radius 2 is 2.05 bits per heavy atom. The van der Waals surface area contributed by atoms with E-state index >= 15 is 0 Å². The molecule has 0 radical (unpaired) electrons. The molecule has 0 aromatic heterocycles. The van der Waals surface area contributed by atoms with Crippen molar-refractivity contribution < 1.29 is 9.53 Å². The first-order chi connectivity index (χ1) is 9.02. The van der Waals surface area contributed by atoms with E-state index in [2.05, 4.69) is 12.2 Å². The minimum absolute atomic E-state index is 0.106. The van der Waals surface area contributed by atoms with Crippen LogP contribution in [0.25, 0.3) is 0 Å². The van der Waals surface area contributed by atoms with Gasteiger partial charge in [0.25, 0.3) is 0 Å². The van der Waals surface area contributed by atoms with Crippen LogP contribution in [-0.4, -0.2) is 19.1 Å². The SMILES string of the molecule is COc1ccc(CNC(=O)C2CC(N)C2)c(C)c1C. The van der Waals surface area contributed by atoms with Crippen molar-refractivity contribution in [2.24, 2.45) is 11.7 Å². The number of carbonyl (C=O) groups is 1. The van der Waals surface area contributed by atoms with Gasteiger partial charge in [-0.2, -0.15) is 0 Å². The molecular weight excluding hydrogens is 240 g/mol. The van der Waals surface area contributed by atoms with E-state index in [0.29, 0.717) is 6.54 Å². The third kappa shape index (κ3) is 2.89. The van der Waals surface area contributed by atoms with Crippen LogP contribution < -0.4 is 15.8 Å². The largest absolute Gasteiger partial charge is 0.496 e. The number of nitrogens with two attached hydrogens (primary N) is 1. The minimum Gasteiger partial charge on any atom is -0.496 e. The number of methoxy groups -OCH3 is 1. The highest BCUT2D eigenvalue weighted by Crippen LogP contribution is 2.26. The van der Waals surface area contributed by atoms with Gasteiger partial charge in [0, 0.05) is 18.5 Å². The molecule has 4 nitrogen and oxygen atoms in total. The van der Waals surface area contributed by atoms with Crippen LogP contribution in [0.3, 0.4) is 0 Å². The molecule has 0 heterocycles. The normalized spacial score (nSPS) is 21.7. The molecule has 1 aliphatic rings. The summed E-state index contributed by atoms with van der Waals surface area (Å²) in [5, 5.41) is 2.99. The molecule has 0 aliphatic heterocycles. The van der Waals surface area contributed by atoms with E-state index in [1.807, 2.05) is 19.1 Å². The lowest BCUT2D eigenvalue weighted by Gasteiger charge is -2.31. The maximum atomic E-state index is 11.9. The highest BCUT2D eigenvalue weighted by Gasteiger charge is 2.31. The topological polar surface area (TPSA) is 64.3 Å². The third-order valence-corrected chi connectivity index (χ3v) is 4.07. The van der Waals surface area contributed by atoms with Gasteiger partial charge in [0.1, 0.15) is 5.75 Å². The van der Waals surface area contributed by atoms with Gasteiger partial charge in [0.2, 0.25) is 5.91 Å². The maximum Gasteiger partial charge on any atom is 0.223 e. The number of hydrogen-bond donors (Lipinski definition) is 2. The number of nitrogens with one attached hydrogen (secondary N) is 1. The molecule has 104 valence electrons. The van der Waals surface area contributed by atoms with E-state index in [0.717, 1.165) is 29.7 Å². The fourth-order valence-corrected chi connectivity index (χ4v) is 2.47. The Bertz CT molecular complexity index is 479. The highest BCUT2D eigenvalue weighted by atomic mass is 16.5. The second kappa shape index (κ2) is 5.61. The summed E-state index contributed by atoms with van der Waals surface area (Å²) in [5.74, 6) is 1.11. The van der Waals surface area contributed by atoms with Crippen molar-refractivity contribution in [1.82, 2.24) is 5.32 Å². The molecule has 1 saturated carbocycles. The molecule has 3 N–H and O–H groups in total. The third-order valence-electron chi connectivity index (χ3n) is 4.07. The maximum absolute atomic E-state index is 11.9. The summed E-state index contributed by atoms with van der Waals surface area (Å²) in [5.41, 5.74) is 9.13. The molecule has 19 heavy (non-hydrogen) atoms. The van der Waals surface area contributed by atoms with Gasteiger partial charge in [-0.1, -0.05) is 6.07 Å². The van der Waals surface area contributed by atoms with Gasteiger partial charge in [-0.15, -0.1) is 0 Å². The van der Waals surface area contributed by atoms with Crippen LogP contribution in [0.1, 0.15) is 29.5 Å². The monoisotopic (exact) mass is 262 g/mol. The Labute approximate surface area is 114 Å². The van der Waals surface area contributed by atoms with Gasteiger partial charge in [-0.25, -0.2) is 0 Å². The number of benzene rings is 1. The fraction of sp³-hybridized carbons (Fsp3) is 0.533. The van der Waals surface area contributed by atoms with Gasteiger partial charge in [0.15, 0.2) is 0 Å². The molecule has 0 unspecified atom stereocenters. The lowest BCUT2D eigenvalue weighted by molar-refractivity contribution is -0.128. The van der Waals surface area contributed by atoms with Crippen LogP contribution in [-0.2, 0) is 11.3 Å². The molecule has 4 heteroatoms. The molecule has 0 spiro atoms. The van der Waals surface area contributed by atoms with Crippen LogP contribution in [0.15, 0.2) is 12.1 Å². The number of ether oxygens (including phenoxy) is 1. The average molecular weight is 262 g/mol. The van der Waals surface area contributed by atoms with Crippen LogP contribution >= 0.6 is 0 Å². The first-order valence-corrected chi connectivity index (χ1v) is 6.69. The summed E-state index contributed by atoms with van der Waals surface area (Å²) in [6.45, 7) is 4.66. The molecule has 1 aliphatic carbocycles. The molecular formula is C15H22N2O2. The first kappa shape index (κ1) is 13.9. The predicted octanol–water partition coefficient (Wildman–Crippen LogP) is 1.67. The first-order valence-electron chi connectivity index (χ1n) is 6.69. The molecule has 0 bridgehead atoms. The summed E-state index contributed by atoms with van der Waals surface area (Å²) in [4.78, 5) is 11.9. The molecule has 1 aromatic carbocycles. The summed E-state index contributed by atoms with van der Waals surface area (Å²) < 4.78 is 5.28. The number of rotatable bonds is 4. The quantitative estimate of drug-likeness (QED) is 0.867. The fourth-order valence-electron chi connectivity index (χ4n) is 2.47. The van der Waals surface area contributed by atoms with E-state index in [4.69, 9.17) is 10.5 Å². The van der Waals surface area contributed by atoms with Crippen LogP contribution in [0.2, 0.25) is 0 Å². The van der Waals surface area contributed by atoms with Crippen molar-refractivity contribution in [2.45, 2.75) is 39.3 Å². The van der Waals surface area contributed by atoms with Gasteiger partial charge >= 0.3 is 0 Å². The van der Waals surface area contributed by atoms with Gasteiger partial charge in [-0.05, 0) is 49.4 Å². The van der Waals surface area contributed by atoms with Crippen LogP contribution in [0.5, 0.6) is 5.75 Å². The zero-order chi connectivity index (χ0) is 14.0. The minimum atomic E-state index is 0.106. The van der Waals surface area contributed by atoms with Crippen molar-refractivity contribution in [3.05, 3.63) is 28.8 Å². The standard InChI is InChI=1S/C15H22N2O2/c1-9-10(2)14(19-3)5-4-11(9)8-17-15(18)12-6-13(16)7-12/h4-5,12-13H,6-8,16H2,1-3H3,(H,17,18). The van der Waals surface area contributed by atoms with Crippen molar-refractivity contribution in [3.8, 4) is 5.75 Å². The average Bonchev–Trinajstić information content (AvgIpc) is 2.36. The number of carbonyl (C=O) groups excluding carboxylic acids is 1. The van der Waals surface area contributed by atoms with Gasteiger partial charge in [-0.3, -0.25) is 4.79 Å². The van der Waals surface area contributed by atoms with E-state index in [-0.39, 0.29) is 17.9 Å². The van der Waals surface area contributed by atoms with Gasteiger partial charge in [0.05, 0.1) is 7.11 Å². The zero-order valence-corrected chi connectivity index (χ0v) is 11.8. The Morgan fingerprint density at radius 3 is 2.63 bits per heavy atom. The van der Waals surface area contributed by atoms with Gasteiger partial charge < -0.3 is 15.8 Å². The predicted molar refractivity (Wildman–Crippen MR) is 75.0 cm³/mol. The number of amides is 1. The summed E-state index contributed by atoms with van der Waals surface area (Å²) >= 11 is 0. The summed E-state index contributed by atoms with van der Waals surface area (Å²) in [7, 11) is 1.67. The van der Waals surface area contributed by atoms with Crippen LogP contribution in [0, 0.1) is 19.8 Å². The van der Waals surface area contributed by atoms with E-state index < -0.39 is 0 Å². The van der Waals surface area contributed by atoms with Crippen molar-refractivity contribution in [2.75, 3.05) is 7.11 Å². The molecule has 1 fully saturated rings. The van der Waals surface area contributed by atoms with E-state index in [1.165, 1.54) is 5.56 Å². The molecule has 0 saturated heterocycles. The van der Waals surface area contributed by atoms with Crippen LogP contribution in [0.4, 0.5) is 0 Å². The lowest BCUT2D eigenvalue weighted by Crippen LogP contribution is -2.44. The van der Waals surface area contributed by atoms with Crippen molar-refractivity contribution >= 4 is 5.91 Å². The van der Waals surface area contributed by atoms with Crippen molar-refractivity contribution in [3.63, 3.8) is 0 Å². The second-order valence-corrected chi connectivity index (χ2v) is 5.32. The molecule has 1 amide bonds. The molecule has 0 atom stereocenters. The van der Waals surface area contributed by atoms with E-state index in [1.54, 1.807) is 7.11 Å². The summed E-state index contributed by atoms with van der Waals surface area (Å²) in [6.07, 6.45) is 1.62. The van der Waals surface area contributed by atoms with E-state index in [9.17, 15) is 4.79 Å². The Morgan fingerprint density at radius 1 is 1.37 bits per heavy atom. The number of hydrogen-bond acceptors (Lipinski definition) is 3. The van der Waals surface area contributed by atoms with Crippen molar-refractivity contribution in [1.29, 1.82) is 0 Å². The second-order valence-electron chi connectivity index (χ2n) is 5.32. The lowest BCUT2D eigenvalue weighted by atomic mass is 9.80. The highest BCUT2D eigenvalue weighted by molar-refractivity contribution is 5.79. The zero-order valence-electron chi connectivity index (χ0n) is 11.8. The molecule has 1 aromatic rings. The Kier molecular flexibility index (Phi) is 4.10. The smallest absolute Gasteiger partial charge is 0.223 e. The Balaban J connectivity index is 1.96. The molecule has 2 rings (SSSR count). The Hall–Kier alpha value is -1.55.